The SMILES string of the molecule is CCCC(C)NCCCCn1ccnn1. The Morgan fingerprint density at radius 2 is 2.27 bits per heavy atom. The minimum atomic E-state index is 0.654. The van der Waals surface area contributed by atoms with Crippen LogP contribution in [0.3, 0.4) is 0 Å². The second-order valence-corrected chi connectivity index (χ2v) is 4.02. The summed E-state index contributed by atoms with van der Waals surface area (Å²) in [6, 6.07) is 0.654. The number of aryl methyl sites for hydroxylation is 1. The first-order valence-corrected chi connectivity index (χ1v) is 5.90. The maximum atomic E-state index is 3.92. The lowest BCUT2D eigenvalue weighted by Gasteiger charge is -2.11. The van der Waals surface area contributed by atoms with Crippen molar-refractivity contribution < 1.29 is 0 Å². The molecule has 0 aliphatic heterocycles. The van der Waals surface area contributed by atoms with E-state index in [-0.39, 0.29) is 0 Å². The lowest BCUT2D eigenvalue weighted by molar-refractivity contribution is 0.474. The fraction of sp³-hybridized carbons (Fsp3) is 0.818. The predicted octanol–water partition coefficient (Wildman–Crippen LogP) is 1.84. The molecular weight excluding hydrogens is 188 g/mol. The van der Waals surface area contributed by atoms with Crippen molar-refractivity contribution in [3.8, 4) is 0 Å². The standard InChI is InChI=1S/C11H22N4/c1-3-6-11(2)12-7-4-5-9-15-10-8-13-14-15/h8,10-12H,3-7,9H2,1-2H3. The van der Waals surface area contributed by atoms with Gasteiger partial charge in [-0.2, -0.15) is 0 Å². The topological polar surface area (TPSA) is 42.7 Å². The summed E-state index contributed by atoms with van der Waals surface area (Å²) in [4.78, 5) is 0. The molecule has 0 fully saturated rings. The van der Waals surface area contributed by atoms with Crippen molar-refractivity contribution in [2.75, 3.05) is 6.54 Å². The fourth-order valence-electron chi connectivity index (χ4n) is 1.63. The Balaban J connectivity index is 1.93. The smallest absolute Gasteiger partial charge is 0.0692 e. The van der Waals surface area contributed by atoms with Gasteiger partial charge >= 0.3 is 0 Å². The molecule has 1 N–H and O–H groups in total. The third kappa shape index (κ3) is 5.52. The van der Waals surface area contributed by atoms with Crippen LogP contribution in [0.25, 0.3) is 0 Å². The van der Waals surface area contributed by atoms with Gasteiger partial charge in [-0.05, 0) is 32.7 Å². The molecule has 0 aliphatic carbocycles. The number of hydrogen-bond acceptors (Lipinski definition) is 3. The highest BCUT2D eigenvalue weighted by Gasteiger charge is 1.98. The lowest BCUT2D eigenvalue weighted by atomic mass is 10.2. The molecular formula is C11H22N4. The van der Waals surface area contributed by atoms with Crippen molar-refractivity contribution in [2.45, 2.75) is 52.1 Å². The highest BCUT2D eigenvalue weighted by Crippen LogP contribution is 1.96. The van der Waals surface area contributed by atoms with Gasteiger partial charge in [-0.25, -0.2) is 0 Å². The second-order valence-electron chi connectivity index (χ2n) is 4.02. The zero-order chi connectivity index (χ0) is 10.9. The van der Waals surface area contributed by atoms with Gasteiger partial charge in [-0.1, -0.05) is 18.6 Å². The van der Waals surface area contributed by atoms with E-state index in [1.54, 1.807) is 6.20 Å². The average molecular weight is 210 g/mol. The van der Waals surface area contributed by atoms with Crippen LogP contribution in [-0.2, 0) is 6.54 Å². The largest absolute Gasteiger partial charge is 0.314 e. The van der Waals surface area contributed by atoms with Gasteiger partial charge in [-0.15, -0.1) is 5.10 Å². The van der Waals surface area contributed by atoms with Gasteiger partial charge in [0.1, 0.15) is 0 Å². The molecule has 1 heterocycles. The van der Waals surface area contributed by atoms with E-state index in [0.29, 0.717) is 6.04 Å². The first kappa shape index (κ1) is 12.2. The summed E-state index contributed by atoms with van der Waals surface area (Å²) < 4.78 is 1.88. The summed E-state index contributed by atoms with van der Waals surface area (Å²) in [5.41, 5.74) is 0. The Bertz CT molecular complexity index is 233. The molecule has 0 saturated heterocycles. The first-order chi connectivity index (χ1) is 7.33. The van der Waals surface area contributed by atoms with Crippen LogP contribution in [0.5, 0.6) is 0 Å². The Morgan fingerprint density at radius 3 is 2.93 bits per heavy atom. The number of hydrogen-bond donors (Lipinski definition) is 1. The third-order valence-electron chi connectivity index (χ3n) is 2.50. The molecule has 0 aromatic carbocycles. The molecule has 4 heteroatoms. The maximum Gasteiger partial charge on any atom is 0.0692 e. The van der Waals surface area contributed by atoms with E-state index in [1.807, 2.05) is 10.9 Å². The van der Waals surface area contributed by atoms with E-state index < -0.39 is 0 Å². The fourth-order valence-corrected chi connectivity index (χ4v) is 1.63. The van der Waals surface area contributed by atoms with E-state index >= 15 is 0 Å². The molecule has 0 amide bonds. The second kappa shape index (κ2) is 7.40. The van der Waals surface area contributed by atoms with Crippen LogP contribution in [0.2, 0.25) is 0 Å². The van der Waals surface area contributed by atoms with Crippen LogP contribution in [0, 0.1) is 0 Å². The van der Waals surface area contributed by atoms with Crippen LogP contribution in [0.1, 0.15) is 39.5 Å². The van der Waals surface area contributed by atoms with Crippen molar-refractivity contribution in [1.29, 1.82) is 0 Å². The molecule has 1 aromatic rings. The van der Waals surface area contributed by atoms with Gasteiger partial charge in [0, 0.05) is 18.8 Å². The number of nitrogens with zero attached hydrogens (tertiary/aromatic N) is 3. The quantitative estimate of drug-likeness (QED) is 0.666. The minimum Gasteiger partial charge on any atom is -0.314 e. The molecule has 1 atom stereocenters. The maximum absolute atomic E-state index is 3.92. The monoisotopic (exact) mass is 210 g/mol. The number of nitrogens with one attached hydrogen (secondary N) is 1. The normalized spacial score (nSPS) is 12.9. The van der Waals surface area contributed by atoms with E-state index in [2.05, 4.69) is 29.5 Å². The zero-order valence-electron chi connectivity index (χ0n) is 9.82. The zero-order valence-corrected chi connectivity index (χ0v) is 9.82. The summed E-state index contributed by atoms with van der Waals surface area (Å²) in [6.45, 7) is 6.56. The number of rotatable bonds is 8. The van der Waals surface area contributed by atoms with Gasteiger partial charge in [0.15, 0.2) is 0 Å². The molecule has 0 spiro atoms. The van der Waals surface area contributed by atoms with Gasteiger partial charge < -0.3 is 5.32 Å². The van der Waals surface area contributed by atoms with Crippen molar-refractivity contribution in [3.05, 3.63) is 12.4 Å². The average Bonchev–Trinajstić information content (AvgIpc) is 2.70. The highest BCUT2D eigenvalue weighted by atomic mass is 15.4. The van der Waals surface area contributed by atoms with Crippen LogP contribution in [0.4, 0.5) is 0 Å². The van der Waals surface area contributed by atoms with E-state index in [1.165, 1.54) is 19.3 Å². The van der Waals surface area contributed by atoms with E-state index in [4.69, 9.17) is 0 Å². The van der Waals surface area contributed by atoms with Gasteiger partial charge in [0.2, 0.25) is 0 Å². The predicted molar refractivity (Wildman–Crippen MR) is 61.6 cm³/mol. The Labute approximate surface area is 92.1 Å². The van der Waals surface area contributed by atoms with Gasteiger partial charge in [0.05, 0.1) is 6.20 Å². The van der Waals surface area contributed by atoms with Gasteiger partial charge in [0.25, 0.3) is 0 Å². The van der Waals surface area contributed by atoms with Crippen molar-refractivity contribution in [3.63, 3.8) is 0 Å². The first-order valence-electron chi connectivity index (χ1n) is 5.90. The third-order valence-corrected chi connectivity index (χ3v) is 2.50. The molecule has 1 unspecified atom stereocenters. The van der Waals surface area contributed by atoms with E-state index in [9.17, 15) is 0 Å². The van der Waals surface area contributed by atoms with Crippen LogP contribution in [0.15, 0.2) is 12.4 Å². The molecule has 15 heavy (non-hydrogen) atoms. The highest BCUT2D eigenvalue weighted by molar-refractivity contribution is 4.64. The molecule has 4 nitrogen and oxygen atoms in total. The molecule has 1 rings (SSSR count). The van der Waals surface area contributed by atoms with Crippen LogP contribution >= 0.6 is 0 Å². The Kier molecular flexibility index (Phi) is 6.00. The molecule has 0 radical (unpaired) electrons. The van der Waals surface area contributed by atoms with Crippen molar-refractivity contribution in [2.24, 2.45) is 0 Å². The molecule has 0 aliphatic rings. The molecule has 0 saturated carbocycles. The number of aromatic nitrogens is 3. The summed E-state index contributed by atoms with van der Waals surface area (Å²) in [5, 5.41) is 11.2. The Hall–Kier alpha value is -0.900. The van der Waals surface area contributed by atoms with Crippen LogP contribution in [-0.4, -0.2) is 27.6 Å². The molecule has 86 valence electrons. The minimum absolute atomic E-state index is 0.654. The Morgan fingerprint density at radius 1 is 1.40 bits per heavy atom. The van der Waals surface area contributed by atoms with Crippen molar-refractivity contribution >= 4 is 0 Å². The summed E-state index contributed by atoms with van der Waals surface area (Å²) in [5.74, 6) is 0. The summed E-state index contributed by atoms with van der Waals surface area (Å²) >= 11 is 0. The number of unbranched alkanes of at least 4 members (excludes halogenated alkanes) is 1. The van der Waals surface area contributed by atoms with Crippen LogP contribution < -0.4 is 5.32 Å². The molecule has 1 aromatic heterocycles. The van der Waals surface area contributed by atoms with E-state index in [0.717, 1.165) is 19.5 Å². The summed E-state index contributed by atoms with van der Waals surface area (Å²) in [6.07, 6.45) is 8.52. The van der Waals surface area contributed by atoms with Crippen molar-refractivity contribution in [1.82, 2.24) is 20.3 Å². The molecule has 0 bridgehead atoms. The van der Waals surface area contributed by atoms with Gasteiger partial charge in [-0.3, -0.25) is 4.68 Å². The summed E-state index contributed by atoms with van der Waals surface area (Å²) in [7, 11) is 0. The lowest BCUT2D eigenvalue weighted by Crippen LogP contribution is -2.26.